The van der Waals surface area contributed by atoms with E-state index in [0.717, 1.165) is 22.3 Å². The number of rotatable bonds is 3. The van der Waals surface area contributed by atoms with E-state index in [1.807, 2.05) is 30.3 Å². The summed E-state index contributed by atoms with van der Waals surface area (Å²) in [6.07, 6.45) is 0.363. The van der Waals surface area contributed by atoms with Crippen molar-refractivity contribution in [3.8, 4) is 11.3 Å². The molecule has 0 spiro atoms. The first-order valence-electron chi connectivity index (χ1n) is 9.91. The molecule has 2 aromatic carbocycles. The van der Waals surface area contributed by atoms with Gasteiger partial charge in [0, 0.05) is 11.8 Å². The van der Waals surface area contributed by atoms with E-state index < -0.39 is 41.5 Å². The second-order valence-electron chi connectivity index (χ2n) is 7.59. The van der Waals surface area contributed by atoms with Gasteiger partial charge in [0.1, 0.15) is 24.1 Å². The quantitative estimate of drug-likeness (QED) is 0.489. The summed E-state index contributed by atoms with van der Waals surface area (Å²) in [7, 11) is 0. The molecule has 32 heavy (non-hydrogen) atoms. The van der Waals surface area contributed by atoms with Gasteiger partial charge >= 0.3 is 5.76 Å². The average molecular weight is 442 g/mol. The summed E-state index contributed by atoms with van der Waals surface area (Å²) in [5, 5.41) is 0. The van der Waals surface area contributed by atoms with Crippen molar-refractivity contribution in [2.45, 2.75) is 25.8 Å². The molecule has 10 heteroatoms. The molecule has 1 unspecified atom stereocenters. The molecule has 4 aromatic rings. The van der Waals surface area contributed by atoms with E-state index in [1.165, 1.54) is 4.90 Å². The number of nitrogens with zero attached hydrogens (tertiary/aromatic N) is 4. The number of oxazole rings is 1. The Kier molecular flexibility index (Phi) is 4.84. The summed E-state index contributed by atoms with van der Waals surface area (Å²) in [5.74, 6) is -3.62. The van der Waals surface area contributed by atoms with Crippen molar-refractivity contribution in [1.82, 2.24) is 19.0 Å². The van der Waals surface area contributed by atoms with E-state index in [-0.39, 0.29) is 25.2 Å². The minimum Gasteiger partial charge on any atom is -0.408 e. The average Bonchev–Trinajstić information content (AvgIpc) is 3.27. The number of alkyl halides is 1. The van der Waals surface area contributed by atoms with Gasteiger partial charge in [-0.05, 0) is 12.1 Å². The van der Waals surface area contributed by atoms with Crippen LogP contribution in [0.4, 0.5) is 13.2 Å². The molecule has 7 nitrogen and oxygen atoms in total. The van der Waals surface area contributed by atoms with E-state index in [0.29, 0.717) is 11.5 Å². The molecule has 0 saturated heterocycles. The Morgan fingerprint density at radius 3 is 2.69 bits per heavy atom. The standard InChI is InChI=1S/C22H17F3N4O3/c23-14-8-27-10-16(13-4-2-1-3-5-13)26-18(27)11-28(9-14)19(30)12-29-21-17(32-22(29)31)7-6-15(24)20(21)25/h1-7,10,14H,8-9,11-12H2. The number of imidazole rings is 1. The summed E-state index contributed by atoms with van der Waals surface area (Å²) < 4.78 is 49.8. The highest BCUT2D eigenvalue weighted by Crippen LogP contribution is 2.23. The monoisotopic (exact) mass is 442 g/mol. The van der Waals surface area contributed by atoms with Gasteiger partial charge in [-0.1, -0.05) is 30.3 Å². The zero-order valence-electron chi connectivity index (χ0n) is 16.7. The molecule has 0 fully saturated rings. The summed E-state index contributed by atoms with van der Waals surface area (Å²) in [4.78, 5) is 30.9. The third kappa shape index (κ3) is 3.47. The predicted octanol–water partition coefficient (Wildman–Crippen LogP) is 3.12. The van der Waals surface area contributed by atoms with Gasteiger partial charge in [-0.15, -0.1) is 0 Å². The minimum atomic E-state index is -1.37. The number of fused-ring (bicyclic) bond motifs is 2. The molecule has 5 rings (SSSR count). The zero-order valence-corrected chi connectivity index (χ0v) is 16.7. The highest BCUT2D eigenvalue weighted by Gasteiger charge is 2.28. The molecule has 1 amide bonds. The maximum absolute atomic E-state index is 14.6. The fourth-order valence-electron chi connectivity index (χ4n) is 3.90. The van der Waals surface area contributed by atoms with Gasteiger partial charge in [0.25, 0.3) is 0 Å². The molecule has 0 N–H and O–H groups in total. The van der Waals surface area contributed by atoms with E-state index >= 15 is 0 Å². The Morgan fingerprint density at radius 1 is 1.12 bits per heavy atom. The van der Waals surface area contributed by atoms with Gasteiger partial charge in [-0.25, -0.2) is 22.9 Å². The van der Waals surface area contributed by atoms with E-state index in [4.69, 9.17) is 4.42 Å². The van der Waals surface area contributed by atoms with Crippen molar-refractivity contribution in [3.05, 3.63) is 76.7 Å². The van der Waals surface area contributed by atoms with Crippen LogP contribution in [0.15, 0.2) is 57.9 Å². The van der Waals surface area contributed by atoms with Crippen LogP contribution in [-0.2, 0) is 24.4 Å². The first kappa shape index (κ1) is 20.1. The van der Waals surface area contributed by atoms with Crippen LogP contribution < -0.4 is 5.76 Å². The predicted molar refractivity (Wildman–Crippen MR) is 108 cm³/mol. The fraction of sp³-hybridized carbons (Fsp3) is 0.227. The maximum Gasteiger partial charge on any atom is 0.420 e. The van der Waals surface area contributed by atoms with Crippen molar-refractivity contribution in [3.63, 3.8) is 0 Å². The number of halogens is 3. The van der Waals surface area contributed by atoms with Gasteiger partial charge in [-0.2, -0.15) is 0 Å². The van der Waals surface area contributed by atoms with E-state index in [2.05, 4.69) is 4.98 Å². The molecular formula is C22H17F3N4O3. The summed E-state index contributed by atoms with van der Waals surface area (Å²) >= 11 is 0. The Morgan fingerprint density at radius 2 is 1.91 bits per heavy atom. The van der Waals surface area contributed by atoms with Crippen LogP contribution in [0.25, 0.3) is 22.4 Å². The number of aromatic nitrogens is 3. The van der Waals surface area contributed by atoms with Gasteiger partial charge in [0.2, 0.25) is 5.91 Å². The second-order valence-corrected chi connectivity index (χ2v) is 7.59. The Bertz CT molecular complexity index is 1380. The smallest absolute Gasteiger partial charge is 0.408 e. The molecule has 164 valence electrons. The lowest BCUT2D eigenvalue weighted by molar-refractivity contribution is -0.133. The van der Waals surface area contributed by atoms with Gasteiger partial charge in [0.05, 0.1) is 25.3 Å². The first-order valence-corrected chi connectivity index (χ1v) is 9.91. The molecule has 1 aliphatic rings. The Balaban J connectivity index is 1.45. The van der Waals surface area contributed by atoms with Crippen molar-refractivity contribution >= 4 is 17.0 Å². The first-order chi connectivity index (χ1) is 15.4. The minimum absolute atomic E-state index is 0.00741. The highest BCUT2D eigenvalue weighted by atomic mass is 19.2. The topological polar surface area (TPSA) is 73.3 Å². The third-order valence-electron chi connectivity index (χ3n) is 5.44. The lowest BCUT2D eigenvalue weighted by Gasteiger charge is -2.21. The third-order valence-corrected chi connectivity index (χ3v) is 5.44. The molecular weight excluding hydrogens is 425 g/mol. The van der Waals surface area contributed by atoms with Crippen LogP contribution in [-0.4, -0.2) is 37.6 Å². The van der Waals surface area contributed by atoms with Crippen LogP contribution in [0.3, 0.4) is 0 Å². The number of hydrogen-bond donors (Lipinski definition) is 0. The number of carbonyl (C=O) groups excluding carboxylic acids is 1. The van der Waals surface area contributed by atoms with Crippen molar-refractivity contribution < 1.29 is 22.4 Å². The molecule has 0 bridgehead atoms. The lowest BCUT2D eigenvalue weighted by atomic mass is 10.2. The van der Waals surface area contributed by atoms with Crippen molar-refractivity contribution in [1.29, 1.82) is 0 Å². The van der Waals surface area contributed by atoms with Crippen LogP contribution in [0.2, 0.25) is 0 Å². The summed E-state index contributed by atoms with van der Waals surface area (Å²) in [6, 6.07) is 11.3. The fourth-order valence-corrected chi connectivity index (χ4v) is 3.90. The second kappa shape index (κ2) is 7.70. The van der Waals surface area contributed by atoms with E-state index in [1.54, 1.807) is 10.8 Å². The largest absolute Gasteiger partial charge is 0.420 e. The molecule has 1 atom stereocenters. The normalized spacial score (nSPS) is 16.2. The number of benzene rings is 2. The van der Waals surface area contributed by atoms with Crippen LogP contribution in [0.5, 0.6) is 0 Å². The van der Waals surface area contributed by atoms with E-state index in [9.17, 15) is 22.8 Å². The summed E-state index contributed by atoms with van der Waals surface area (Å²) in [5.41, 5.74) is 0.888. The SMILES string of the molecule is O=C(Cn1c(=O)oc2ccc(F)c(F)c21)N1Cc2nc(-c3ccccc3)cn2CC(F)C1. The molecule has 0 radical (unpaired) electrons. The number of carbonyl (C=O) groups is 1. The molecule has 2 aromatic heterocycles. The van der Waals surface area contributed by atoms with Crippen LogP contribution >= 0.6 is 0 Å². The van der Waals surface area contributed by atoms with Crippen LogP contribution in [0, 0.1) is 11.6 Å². The van der Waals surface area contributed by atoms with Crippen LogP contribution in [0.1, 0.15) is 5.82 Å². The zero-order chi connectivity index (χ0) is 22.4. The highest BCUT2D eigenvalue weighted by molar-refractivity contribution is 5.80. The summed E-state index contributed by atoms with van der Waals surface area (Å²) in [6.45, 7) is -0.809. The van der Waals surface area contributed by atoms with Gasteiger partial charge < -0.3 is 13.9 Å². The Labute approximate surface area is 179 Å². The molecule has 3 heterocycles. The lowest BCUT2D eigenvalue weighted by Crippen LogP contribution is -2.38. The Hall–Kier alpha value is -3.82. The molecule has 1 aliphatic heterocycles. The van der Waals surface area contributed by atoms with Crippen molar-refractivity contribution in [2.75, 3.05) is 6.54 Å². The number of amides is 1. The molecule has 0 saturated carbocycles. The van der Waals surface area contributed by atoms with Gasteiger partial charge in [0.15, 0.2) is 17.2 Å². The maximum atomic E-state index is 14.6. The van der Waals surface area contributed by atoms with Crippen molar-refractivity contribution in [2.24, 2.45) is 0 Å². The molecule has 0 aliphatic carbocycles. The number of hydrogen-bond acceptors (Lipinski definition) is 4. The van der Waals surface area contributed by atoms with Gasteiger partial charge in [-0.3, -0.25) is 9.36 Å².